The number of rotatable bonds is 5. The Bertz CT molecular complexity index is 1180. The van der Waals surface area contributed by atoms with E-state index in [-0.39, 0.29) is 17.8 Å². The number of halogens is 1. The van der Waals surface area contributed by atoms with Crippen LogP contribution in [0, 0.1) is 5.82 Å². The van der Waals surface area contributed by atoms with Gasteiger partial charge in [0.2, 0.25) is 0 Å². The third-order valence-electron chi connectivity index (χ3n) is 7.25. The van der Waals surface area contributed by atoms with Crippen LogP contribution in [0.1, 0.15) is 44.2 Å². The Kier molecular flexibility index (Phi) is 7.51. The van der Waals surface area contributed by atoms with Crippen molar-refractivity contribution in [2.45, 2.75) is 44.6 Å². The van der Waals surface area contributed by atoms with Crippen molar-refractivity contribution in [1.82, 2.24) is 24.8 Å². The van der Waals surface area contributed by atoms with Gasteiger partial charge >= 0.3 is 6.09 Å². The number of piperidine rings is 2. The average Bonchev–Trinajstić information content (AvgIpc) is 2.94. The molecule has 0 radical (unpaired) electrons. The lowest BCUT2D eigenvalue weighted by Gasteiger charge is -2.42. The Morgan fingerprint density at radius 1 is 1.06 bits per heavy atom. The van der Waals surface area contributed by atoms with Crippen LogP contribution in [0.3, 0.4) is 0 Å². The Morgan fingerprint density at radius 3 is 2.64 bits per heavy atom. The van der Waals surface area contributed by atoms with Gasteiger partial charge in [-0.2, -0.15) is 0 Å². The summed E-state index contributed by atoms with van der Waals surface area (Å²) in [7, 11) is 0. The van der Waals surface area contributed by atoms with Crippen LogP contribution in [-0.4, -0.2) is 69.7 Å². The third kappa shape index (κ3) is 5.23. The molecule has 0 spiro atoms. The quantitative estimate of drug-likeness (QED) is 0.494. The van der Waals surface area contributed by atoms with Gasteiger partial charge in [0.25, 0.3) is 0 Å². The second kappa shape index (κ2) is 11.1. The Labute approximate surface area is 211 Å². The Hall–Kier alpha value is -3.39. The molecule has 5 rings (SSSR count). The molecule has 1 atom stereocenters. The first-order chi connectivity index (χ1) is 17.6. The molecule has 0 saturated carbocycles. The van der Waals surface area contributed by atoms with Gasteiger partial charge in [0, 0.05) is 66.9 Å². The van der Waals surface area contributed by atoms with E-state index in [0.717, 1.165) is 55.6 Å². The smallest absolute Gasteiger partial charge is 0.409 e. The first kappa shape index (κ1) is 24.3. The number of hydrogen-bond acceptors (Lipinski definition) is 6. The first-order valence-electron chi connectivity index (χ1n) is 12.8. The van der Waals surface area contributed by atoms with Crippen LogP contribution in [0.25, 0.3) is 22.5 Å². The lowest BCUT2D eigenvalue weighted by atomic mass is 9.88. The van der Waals surface area contributed by atoms with Crippen molar-refractivity contribution in [3.05, 3.63) is 66.5 Å². The van der Waals surface area contributed by atoms with E-state index in [1.165, 1.54) is 6.07 Å². The van der Waals surface area contributed by atoms with Crippen molar-refractivity contribution < 1.29 is 13.9 Å². The summed E-state index contributed by atoms with van der Waals surface area (Å²) in [5, 5.41) is 0. The minimum Gasteiger partial charge on any atom is -0.450 e. The highest BCUT2D eigenvalue weighted by molar-refractivity contribution is 5.68. The van der Waals surface area contributed by atoms with E-state index in [9.17, 15) is 9.18 Å². The second-order valence-corrected chi connectivity index (χ2v) is 9.47. The fraction of sp³-hybridized carbons (Fsp3) is 0.429. The molecule has 1 amide bonds. The molecule has 4 heterocycles. The molecule has 2 aliphatic heterocycles. The van der Waals surface area contributed by atoms with Crippen molar-refractivity contribution in [3.8, 4) is 22.5 Å². The molecule has 188 valence electrons. The lowest BCUT2D eigenvalue weighted by molar-refractivity contribution is 0.0648. The molecule has 0 N–H and O–H groups in total. The number of carbonyl (C=O) groups excluding carboxylic acids is 1. The van der Waals surface area contributed by atoms with Gasteiger partial charge in [-0.1, -0.05) is 18.2 Å². The van der Waals surface area contributed by atoms with Crippen LogP contribution in [-0.2, 0) is 4.74 Å². The van der Waals surface area contributed by atoms with Crippen molar-refractivity contribution in [1.29, 1.82) is 0 Å². The number of ether oxygens (including phenoxy) is 1. The molecular formula is C28H32FN5O2. The summed E-state index contributed by atoms with van der Waals surface area (Å²) >= 11 is 0. The maximum absolute atomic E-state index is 14.9. The van der Waals surface area contributed by atoms with Crippen LogP contribution in [0.5, 0.6) is 0 Å². The number of nitrogens with zero attached hydrogens (tertiary/aromatic N) is 5. The summed E-state index contributed by atoms with van der Waals surface area (Å²) in [6.07, 6.45) is 8.92. The zero-order valence-corrected chi connectivity index (χ0v) is 20.6. The maximum atomic E-state index is 14.9. The molecule has 2 fully saturated rings. The average molecular weight is 490 g/mol. The third-order valence-corrected chi connectivity index (χ3v) is 7.25. The highest BCUT2D eigenvalue weighted by Crippen LogP contribution is 2.36. The first-order valence-corrected chi connectivity index (χ1v) is 12.8. The van der Waals surface area contributed by atoms with E-state index < -0.39 is 0 Å². The summed E-state index contributed by atoms with van der Waals surface area (Å²) in [4.78, 5) is 30.3. The van der Waals surface area contributed by atoms with E-state index in [2.05, 4.69) is 14.9 Å². The van der Waals surface area contributed by atoms with Gasteiger partial charge in [0.05, 0.1) is 12.3 Å². The minimum atomic E-state index is -0.268. The molecule has 2 saturated heterocycles. The number of carbonyl (C=O) groups is 1. The van der Waals surface area contributed by atoms with E-state index in [4.69, 9.17) is 9.72 Å². The number of hydrogen-bond donors (Lipinski definition) is 0. The summed E-state index contributed by atoms with van der Waals surface area (Å²) in [6.45, 7) is 5.54. The number of benzene rings is 1. The van der Waals surface area contributed by atoms with Gasteiger partial charge in [0.15, 0.2) is 5.82 Å². The van der Waals surface area contributed by atoms with Crippen LogP contribution in [0.15, 0.2) is 55.0 Å². The minimum absolute atomic E-state index is 0.162. The van der Waals surface area contributed by atoms with Crippen LogP contribution in [0.2, 0.25) is 0 Å². The summed E-state index contributed by atoms with van der Waals surface area (Å²) in [5.41, 5.74) is 3.02. The molecule has 7 nitrogen and oxygen atoms in total. The van der Waals surface area contributed by atoms with Gasteiger partial charge < -0.3 is 9.64 Å². The molecule has 0 unspecified atom stereocenters. The number of amides is 1. The molecule has 3 aromatic rings. The largest absolute Gasteiger partial charge is 0.450 e. The Balaban J connectivity index is 1.40. The highest BCUT2D eigenvalue weighted by atomic mass is 19.1. The van der Waals surface area contributed by atoms with Gasteiger partial charge in [-0.3, -0.25) is 9.88 Å². The normalized spacial score (nSPS) is 19.3. The van der Waals surface area contributed by atoms with Crippen molar-refractivity contribution >= 4 is 6.09 Å². The van der Waals surface area contributed by atoms with Crippen molar-refractivity contribution in [2.24, 2.45) is 0 Å². The highest BCUT2D eigenvalue weighted by Gasteiger charge is 2.33. The molecule has 1 aromatic carbocycles. The zero-order valence-electron chi connectivity index (χ0n) is 20.6. The van der Waals surface area contributed by atoms with Gasteiger partial charge in [0.1, 0.15) is 5.82 Å². The van der Waals surface area contributed by atoms with Gasteiger partial charge in [-0.05, 0) is 57.4 Å². The van der Waals surface area contributed by atoms with Gasteiger partial charge in [-0.25, -0.2) is 19.2 Å². The maximum Gasteiger partial charge on any atom is 0.409 e. The predicted molar refractivity (Wildman–Crippen MR) is 136 cm³/mol. The zero-order chi connectivity index (χ0) is 24.9. The van der Waals surface area contributed by atoms with Crippen LogP contribution >= 0.6 is 0 Å². The topological polar surface area (TPSA) is 71.5 Å². The Morgan fingerprint density at radius 2 is 1.89 bits per heavy atom. The monoisotopic (exact) mass is 489 g/mol. The number of pyridine rings is 1. The molecule has 2 aromatic heterocycles. The fourth-order valence-corrected chi connectivity index (χ4v) is 5.42. The van der Waals surface area contributed by atoms with E-state index in [1.807, 2.05) is 30.0 Å². The second-order valence-electron chi connectivity index (χ2n) is 9.47. The van der Waals surface area contributed by atoms with Crippen molar-refractivity contribution in [2.75, 3.05) is 32.8 Å². The van der Waals surface area contributed by atoms with E-state index in [1.54, 1.807) is 30.7 Å². The molecular weight excluding hydrogens is 457 g/mol. The summed E-state index contributed by atoms with van der Waals surface area (Å²) in [5.74, 6) is 0.503. The molecule has 0 aliphatic carbocycles. The SMILES string of the molecule is CCOC(=O)N1CCC(N2CCC[C@H](c3nc(-c4cccnc4)ncc3-c3ccccc3F)C2)CC1. The lowest BCUT2D eigenvalue weighted by Crippen LogP contribution is -2.49. The molecule has 8 heteroatoms. The predicted octanol–water partition coefficient (Wildman–Crippen LogP) is 5.15. The summed E-state index contributed by atoms with van der Waals surface area (Å²) in [6, 6.07) is 11.1. The van der Waals surface area contributed by atoms with E-state index in [0.29, 0.717) is 37.1 Å². The number of aromatic nitrogens is 3. The van der Waals surface area contributed by atoms with Gasteiger partial charge in [-0.15, -0.1) is 0 Å². The molecule has 2 aliphatic rings. The van der Waals surface area contributed by atoms with E-state index >= 15 is 0 Å². The standard InChI is InChI=1S/C28H32FN5O2/c1-2-36-28(35)33-15-11-22(12-16-33)34-14-6-8-21(19-34)26-24(23-9-3-4-10-25(23)29)18-31-27(32-26)20-7-5-13-30-17-20/h3-5,7,9-10,13,17-18,21-22H,2,6,8,11-12,14-16,19H2,1H3/t21-/m0/s1. The molecule has 0 bridgehead atoms. The summed E-state index contributed by atoms with van der Waals surface area (Å²) < 4.78 is 20.0. The van der Waals surface area contributed by atoms with Crippen LogP contribution < -0.4 is 0 Å². The van der Waals surface area contributed by atoms with Crippen molar-refractivity contribution in [3.63, 3.8) is 0 Å². The fourth-order valence-electron chi connectivity index (χ4n) is 5.42. The molecule has 36 heavy (non-hydrogen) atoms. The van der Waals surface area contributed by atoms with Crippen LogP contribution in [0.4, 0.5) is 9.18 Å². The number of likely N-dealkylation sites (tertiary alicyclic amines) is 2.